The highest BCUT2D eigenvalue weighted by molar-refractivity contribution is 9.10. The first-order valence-corrected chi connectivity index (χ1v) is 9.22. The van der Waals surface area contributed by atoms with Gasteiger partial charge in [0.25, 0.3) is 5.91 Å². The number of carbonyl (C=O) groups is 1. The number of hydrogen-bond acceptors (Lipinski definition) is 3. The Labute approximate surface area is 158 Å². The van der Waals surface area contributed by atoms with Crippen molar-refractivity contribution in [2.45, 2.75) is 27.3 Å². The Kier molecular flexibility index (Phi) is 7.47. The molecule has 0 aliphatic carbocycles. The zero-order valence-corrected chi connectivity index (χ0v) is 16.5. The monoisotopic (exact) mass is 404 g/mol. The van der Waals surface area contributed by atoms with Gasteiger partial charge in [-0.25, -0.2) is 0 Å². The SMILES string of the molecule is Cc1ccc(NC(=O)COc2ccc(Br)cc2CNCC(C)C)cc1. The van der Waals surface area contributed by atoms with Crippen LogP contribution in [-0.2, 0) is 11.3 Å². The lowest BCUT2D eigenvalue weighted by molar-refractivity contribution is -0.118. The maximum atomic E-state index is 12.1. The quantitative estimate of drug-likeness (QED) is 0.679. The number of ether oxygens (including phenoxy) is 1. The van der Waals surface area contributed by atoms with Gasteiger partial charge in [-0.1, -0.05) is 47.5 Å². The van der Waals surface area contributed by atoms with E-state index in [9.17, 15) is 4.79 Å². The summed E-state index contributed by atoms with van der Waals surface area (Å²) in [5.41, 5.74) is 2.95. The lowest BCUT2D eigenvalue weighted by Gasteiger charge is -2.14. The third-order valence-electron chi connectivity index (χ3n) is 3.58. The molecule has 25 heavy (non-hydrogen) atoms. The molecular formula is C20H25BrN2O2. The van der Waals surface area contributed by atoms with Gasteiger partial charge in [-0.2, -0.15) is 0 Å². The van der Waals surface area contributed by atoms with Crippen LogP contribution in [0.3, 0.4) is 0 Å². The summed E-state index contributed by atoms with van der Waals surface area (Å²) in [4.78, 5) is 12.1. The van der Waals surface area contributed by atoms with Gasteiger partial charge in [0.2, 0.25) is 0 Å². The Morgan fingerprint density at radius 1 is 1.16 bits per heavy atom. The van der Waals surface area contributed by atoms with Crippen LogP contribution in [0.5, 0.6) is 5.75 Å². The maximum Gasteiger partial charge on any atom is 0.262 e. The molecule has 5 heteroatoms. The van der Waals surface area contributed by atoms with Crippen molar-refractivity contribution >= 4 is 27.5 Å². The summed E-state index contributed by atoms with van der Waals surface area (Å²) in [6.45, 7) is 7.96. The van der Waals surface area contributed by atoms with Crippen LogP contribution in [0.2, 0.25) is 0 Å². The number of carbonyl (C=O) groups excluding carboxylic acids is 1. The second kappa shape index (κ2) is 9.59. The molecule has 2 aromatic rings. The van der Waals surface area contributed by atoms with Crippen LogP contribution < -0.4 is 15.4 Å². The van der Waals surface area contributed by atoms with Gasteiger partial charge in [-0.05, 0) is 49.7 Å². The van der Waals surface area contributed by atoms with Crippen LogP contribution in [-0.4, -0.2) is 19.1 Å². The summed E-state index contributed by atoms with van der Waals surface area (Å²) in [5.74, 6) is 1.13. The summed E-state index contributed by atoms with van der Waals surface area (Å²) in [7, 11) is 0. The van der Waals surface area contributed by atoms with E-state index >= 15 is 0 Å². The van der Waals surface area contributed by atoms with Crippen LogP contribution in [0, 0.1) is 12.8 Å². The largest absolute Gasteiger partial charge is 0.483 e. The molecule has 0 bridgehead atoms. The minimum absolute atomic E-state index is 0.0211. The fourth-order valence-corrected chi connectivity index (χ4v) is 2.71. The number of rotatable bonds is 8. The average molecular weight is 405 g/mol. The van der Waals surface area contributed by atoms with Crippen molar-refractivity contribution in [2.75, 3.05) is 18.5 Å². The van der Waals surface area contributed by atoms with Crippen molar-refractivity contribution < 1.29 is 9.53 Å². The predicted molar refractivity (Wildman–Crippen MR) is 106 cm³/mol. The second-order valence-corrected chi connectivity index (χ2v) is 7.40. The first kappa shape index (κ1) is 19.5. The van der Waals surface area contributed by atoms with Gasteiger partial charge >= 0.3 is 0 Å². The van der Waals surface area contributed by atoms with Crippen molar-refractivity contribution in [2.24, 2.45) is 5.92 Å². The number of halogens is 1. The summed E-state index contributed by atoms with van der Waals surface area (Å²) in [6.07, 6.45) is 0. The van der Waals surface area contributed by atoms with Gasteiger partial charge in [0.1, 0.15) is 5.75 Å². The molecule has 0 aliphatic heterocycles. The van der Waals surface area contributed by atoms with E-state index in [0.717, 1.165) is 33.6 Å². The molecule has 0 aromatic heterocycles. The van der Waals surface area contributed by atoms with Gasteiger partial charge in [0.05, 0.1) is 0 Å². The van der Waals surface area contributed by atoms with E-state index in [1.165, 1.54) is 0 Å². The lowest BCUT2D eigenvalue weighted by Crippen LogP contribution is -2.22. The highest BCUT2D eigenvalue weighted by Crippen LogP contribution is 2.23. The van der Waals surface area contributed by atoms with E-state index in [-0.39, 0.29) is 12.5 Å². The summed E-state index contributed by atoms with van der Waals surface area (Å²) >= 11 is 3.48. The van der Waals surface area contributed by atoms with E-state index in [4.69, 9.17) is 4.74 Å². The van der Waals surface area contributed by atoms with Crippen molar-refractivity contribution in [1.29, 1.82) is 0 Å². The number of anilines is 1. The molecule has 2 N–H and O–H groups in total. The minimum atomic E-state index is -0.173. The second-order valence-electron chi connectivity index (χ2n) is 6.48. The van der Waals surface area contributed by atoms with Gasteiger partial charge < -0.3 is 15.4 Å². The van der Waals surface area contributed by atoms with Crippen LogP contribution in [0.1, 0.15) is 25.0 Å². The molecule has 4 nitrogen and oxygen atoms in total. The number of amides is 1. The average Bonchev–Trinajstić information content (AvgIpc) is 2.56. The standard InChI is InChI=1S/C20H25BrN2O2/c1-14(2)11-22-12-16-10-17(21)6-9-19(16)25-13-20(24)23-18-7-4-15(3)5-8-18/h4-10,14,22H,11-13H2,1-3H3,(H,23,24). The van der Waals surface area contributed by atoms with Gasteiger partial charge in [-0.15, -0.1) is 0 Å². The smallest absolute Gasteiger partial charge is 0.262 e. The topological polar surface area (TPSA) is 50.4 Å². The van der Waals surface area contributed by atoms with Gasteiger partial charge in [0, 0.05) is 22.3 Å². The third-order valence-corrected chi connectivity index (χ3v) is 4.08. The molecule has 0 heterocycles. The Morgan fingerprint density at radius 2 is 1.88 bits per heavy atom. The third kappa shape index (κ3) is 6.88. The maximum absolute atomic E-state index is 12.1. The molecule has 2 aromatic carbocycles. The number of benzene rings is 2. The van der Waals surface area contributed by atoms with Crippen molar-refractivity contribution in [3.05, 3.63) is 58.1 Å². The van der Waals surface area contributed by atoms with E-state index in [2.05, 4.69) is 40.4 Å². The Bertz CT molecular complexity index is 699. The molecule has 134 valence electrons. The van der Waals surface area contributed by atoms with Crippen LogP contribution in [0.4, 0.5) is 5.69 Å². The van der Waals surface area contributed by atoms with Crippen molar-refractivity contribution in [1.82, 2.24) is 5.32 Å². The highest BCUT2D eigenvalue weighted by Gasteiger charge is 2.08. The number of aryl methyl sites for hydroxylation is 1. The Morgan fingerprint density at radius 3 is 2.56 bits per heavy atom. The highest BCUT2D eigenvalue weighted by atomic mass is 79.9. The van der Waals surface area contributed by atoms with Crippen LogP contribution in [0.15, 0.2) is 46.9 Å². The van der Waals surface area contributed by atoms with Crippen LogP contribution in [0.25, 0.3) is 0 Å². The molecule has 0 spiro atoms. The minimum Gasteiger partial charge on any atom is -0.483 e. The molecule has 0 atom stereocenters. The van der Waals surface area contributed by atoms with E-state index in [1.54, 1.807) is 0 Å². The molecular weight excluding hydrogens is 380 g/mol. The summed E-state index contributed by atoms with van der Waals surface area (Å²) in [6, 6.07) is 13.5. The lowest BCUT2D eigenvalue weighted by atomic mass is 10.2. The summed E-state index contributed by atoms with van der Waals surface area (Å²) in [5, 5.41) is 6.24. The molecule has 2 rings (SSSR count). The molecule has 0 saturated heterocycles. The normalized spacial score (nSPS) is 10.8. The zero-order chi connectivity index (χ0) is 18.2. The molecule has 0 aliphatic rings. The first-order valence-electron chi connectivity index (χ1n) is 8.42. The molecule has 0 fully saturated rings. The fourth-order valence-electron chi connectivity index (χ4n) is 2.30. The van der Waals surface area contributed by atoms with Gasteiger partial charge in [-0.3, -0.25) is 4.79 Å². The fraction of sp³-hybridized carbons (Fsp3) is 0.350. The number of hydrogen-bond donors (Lipinski definition) is 2. The van der Waals surface area contributed by atoms with E-state index in [0.29, 0.717) is 12.5 Å². The Balaban J connectivity index is 1.92. The molecule has 0 unspecified atom stereocenters. The van der Waals surface area contributed by atoms with E-state index < -0.39 is 0 Å². The predicted octanol–water partition coefficient (Wildman–Crippen LogP) is 4.52. The molecule has 0 radical (unpaired) electrons. The summed E-state index contributed by atoms with van der Waals surface area (Å²) < 4.78 is 6.73. The van der Waals surface area contributed by atoms with Crippen molar-refractivity contribution in [3.8, 4) is 5.75 Å². The first-order chi connectivity index (χ1) is 11.9. The molecule has 0 saturated carbocycles. The van der Waals surface area contributed by atoms with E-state index in [1.807, 2.05) is 49.4 Å². The zero-order valence-electron chi connectivity index (χ0n) is 14.9. The van der Waals surface area contributed by atoms with Gasteiger partial charge in [0.15, 0.2) is 6.61 Å². The van der Waals surface area contributed by atoms with Crippen LogP contribution >= 0.6 is 15.9 Å². The number of nitrogens with one attached hydrogen (secondary N) is 2. The van der Waals surface area contributed by atoms with Crippen molar-refractivity contribution in [3.63, 3.8) is 0 Å². The molecule has 1 amide bonds. The Hall–Kier alpha value is -1.85.